The fraction of sp³-hybridized carbons (Fsp3) is 0.325. The van der Waals surface area contributed by atoms with E-state index in [4.69, 9.17) is 25.9 Å². The third-order valence-electron chi connectivity index (χ3n) is 9.94. The molecule has 6 heterocycles. The van der Waals surface area contributed by atoms with Crippen molar-refractivity contribution in [2.75, 3.05) is 50.1 Å². The van der Waals surface area contributed by atoms with Crippen LogP contribution in [0.15, 0.2) is 73.2 Å². The van der Waals surface area contributed by atoms with E-state index in [0.29, 0.717) is 72.2 Å². The van der Waals surface area contributed by atoms with Crippen LogP contribution in [0.4, 0.5) is 11.9 Å². The monoisotopic (exact) mass is 790 g/mol. The molecular weight excluding hydrogens is 745 g/mol. The highest BCUT2D eigenvalue weighted by Gasteiger charge is 2.22. The molecule has 6 N–H and O–H groups in total. The van der Waals surface area contributed by atoms with E-state index in [1.807, 2.05) is 47.5 Å². The van der Waals surface area contributed by atoms with Gasteiger partial charge in [-0.05, 0) is 62.7 Å². The molecule has 4 amide bonds. The highest BCUT2D eigenvalue weighted by atomic mass is 16.5. The summed E-state index contributed by atoms with van der Waals surface area (Å²) in [6.45, 7) is 9.76. The number of nitrogens with zero attached hydrogens (tertiary/aromatic N) is 8. The van der Waals surface area contributed by atoms with Crippen LogP contribution < -0.4 is 26.8 Å². The summed E-state index contributed by atoms with van der Waals surface area (Å²) >= 11 is 0. The number of amides is 4. The molecule has 0 aliphatic carbocycles. The van der Waals surface area contributed by atoms with Crippen molar-refractivity contribution in [1.82, 2.24) is 38.1 Å². The van der Waals surface area contributed by atoms with Gasteiger partial charge in [0.25, 0.3) is 11.8 Å². The molecule has 18 heteroatoms. The van der Waals surface area contributed by atoms with Gasteiger partial charge in [0.15, 0.2) is 5.65 Å². The molecule has 0 spiro atoms. The van der Waals surface area contributed by atoms with Gasteiger partial charge < -0.3 is 34.6 Å². The number of rotatable bonds is 17. The third-order valence-corrected chi connectivity index (χ3v) is 9.94. The van der Waals surface area contributed by atoms with Crippen LogP contribution in [0.2, 0.25) is 0 Å². The van der Waals surface area contributed by atoms with Crippen LogP contribution in [0.1, 0.15) is 62.0 Å². The Kier molecular flexibility index (Phi) is 11.9. The average Bonchev–Trinajstić information content (AvgIpc) is 4.03. The number of aryl methyl sites for hydroxylation is 2. The van der Waals surface area contributed by atoms with Gasteiger partial charge in [-0.3, -0.25) is 39.3 Å². The van der Waals surface area contributed by atoms with Crippen molar-refractivity contribution >= 4 is 57.7 Å². The zero-order valence-electron chi connectivity index (χ0n) is 32.4. The fourth-order valence-corrected chi connectivity index (χ4v) is 6.95. The lowest BCUT2D eigenvalue weighted by atomic mass is 10.1. The number of hydrogen-bond acceptors (Lipinski definition) is 10. The normalized spacial score (nSPS) is 13.4. The molecule has 1 aromatic carbocycles. The molecule has 7 rings (SSSR count). The van der Waals surface area contributed by atoms with E-state index >= 15 is 0 Å². The van der Waals surface area contributed by atoms with Gasteiger partial charge in [0.2, 0.25) is 23.7 Å². The molecule has 18 nitrogen and oxygen atoms in total. The first-order valence-electron chi connectivity index (χ1n) is 19.2. The van der Waals surface area contributed by atoms with Crippen molar-refractivity contribution in [3.05, 3.63) is 95.7 Å². The van der Waals surface area contributed by atoms with Crippen LogP contribution in [-0.2, 0) is 30.9 Å². The summed E-state index contributed by atoms with van der Waals surface area (Å²) in [5, 5.41) is 5.86. The summed E-state index contributed by atoms with van der Waals surface area (Å²) in [5.41, 5.74) is 14.3. The van der Waals surface area contributed by atoms with Crippen LogP contribution in [0, 0.1) is 0 Å². The number of allylic oxidation sites excluding steroid dienone is 2. The van der Waals surface area contributed by atoms with Crippen molar-refractivity contribution in [2.45, 2.75) is 46.4 Å². The second-order valence-corrected chi connectivity index (χ2v) is 13.6. The lowest BCUT2D eigenvalue weighted by Gasteiger charge is -2.26. The summed E-state index contributed by atoms with van der Waals surface area (Å²) < 4.78 is 19.0. The number of primary amides is 2. The molecule has 5 aromatic heterocycles. The maximum atomic E-state index is 13.6. The number of nitrogens with two attached hydrogens (primary N) is 2. The number of morpholine rings is 1. The van der Waals surface area contributed by atoms with Crippen molar-refractivity contribution < 1.29 is 28.7 Å². The number of nitrogens with one attached hydrogen (secondary N) is 2. The van der Waals surface area contributed by atoms with Gasteiger partial charge in [-0.2, -0.15) is 0 Å². The van der Waals surface area contributed by atoms with E-state index < -0.39 is 11.8 Å². The van der Waals surface area contributed by atoms with Gasteiger partial charge in [-0.1, -0.05) is 12.2 Å². The molecule has 1 saturated heterocycles. The molecule has 0 unspecified atom stereocenters. The third kappa shape index (κ3) is 8.47. The average molecular weight is 791 g/mol. The summed E-state index contributed by atoms with van der Waals surface area (Å²) in [4.78, 5) is 67.6. The lowest BCUT2D eigenvalue weighted by Crippen LogP contribution is -2.37. The minimum Gasteiger partial charge on any atom is -0.491 e. The molecule has 1 fully saturated rings. The number of imidazole rings is 2. The Labute approximate surface area is 333 Å². The van der Waals surface area contributed by atoms with E-state index in [1.54, 1.807) is 45.5 Å². The summed E-state index contributed by atoms with van der Waals surface area (Å²) in [6.07, 6.45) is 9.46. The number of anilines is 2. The van der Waals surface area contributed by atoms with Gasteiger partial charge in [-0.15, -0.1) is 0 Å². The fourth-order valence-electron chi connectivity index (χ4n) is 6.95. The molecule has 0 atom stereocenters. The Hall–Kier alpha value is -6.79. The Bertz CT molecular complexity index is 2500. The van der Waals surface area contributed by atoms with E-state index in [2.05, 4.69) is 25.5 Å². The zero-order chi connectivity index (χ0) is 40.8. The van der Waals surface area contributed by atoms with Gasteiger partial charge in [-0.25, -0.2) is 15.0 Å². The Morgan fingerprint density at radius 2 is 1.40 bits per heavy atom. The first kappa shape index (κ1) is 39.4. The standard InChI is InChI=1S/C40H46N12O6/c1-3-49-13-7-10-30(49)37(55)46-39-44-28-22-26(34(41)53)24-32(58-19-9-12-48-17-20-57-21-18-48)33(28)51(39)15-5-6-16-52-36-29(23-27(25-43-36)35(42)54)45-40(52)47-38(56)31-11-8-14-50(31)4-2/h5-8,10-11,13-14,22-25H,3-4,9,12,15-21H2,1-2H3,(H2,41,53)(H2,42,54)(H,44,46,55)(H,45,47,56). The zero-order valence-corrected chi connectivity index (χ0v) is 32.4. The van der Waals surface area contributed by atoms with Crippen LogP contribution in [0.3, 0.4) is 0 Å². The van der Waals surface area contributed by atoms with Crippen molar-refractivity contribution in [3.63, 3.8) is 0 Å². The van der Waals surface area contributed by atoms with E-state index in [1.165, 1.54) is 12.3 Å². The minimum absolute atomic E-state index is 0.178. The second kappa shape index (κ2) is 17.6. The maximum absolute atomic E-state index is 13.6. The minimum atomic E-state index is -0.656. The number of carbonyl (C=O) groups is 4. The molecule has 1 aliphatic heterocycles. The summed E-state index contributed by atoms with van der Waals surface area (Å²) in [6, 6.07) is 11.7. The number of fused-ring (bicyclic) bond motifs is 2. The molecule has 0 bridgehead atoms. The van der Waals surface area contributed by atoms with Crippen molar-refractivity contribution in [2.24, 2.45) is 11.5 Å². The lowest BCUT2D eigenvalue weighted by molar-refractivity contribution is 0.0358. The molecule has 0 saturated carbocycles. The summed E-state index contributed by atoms with van der Waals surface area (Å²) in [7, 11) is 0. The Morgan fingerprint density at radius 3 is 2.02 bits per heavy atom. The Balaban J connectivity index is 1.21. The van der Waals surface area contributed by atoms with Crippen LogP contribution in [-0.4, -0.2) is 101 Å². The number of ether oxygens (including phenoxy) is 2. The first-order chi connectivity index (χ1) is 28.1. The van der Waals surface area contributed by atoms with Gasteiger partial charge in [0.1, 0.15) is 28.2 Å². The van der Waals surface area contributed by atoms with E-state index in [0.717, 1.165) is 26.1 Å². The topological polar surface area (TPSA) is 224 Å². The number of benzene rings is 1. The number of pyridine rings is 1. The predicted molar refractivity (Wildman–Crippen MR) is 217 cm³/mol. The maximum Gasteiger partial charge on any atom is 0.274 e. The SMILES string of the molecule is CCn1cccc1C(=O)Nc1nc2cc(C(N)=O)cnc2n1CC=CCn1c(NC(=O)c2cccn2CC)nc2cc(C(N)=O)cc(OCCCN3CCOCC3)c21. The smallest absolute Gasteiger partial charge is 0.274 e. The number of hydrogen-bond donors (Lipinski definition) is 4. The molecule has 0 radical (unpaired) electrons. The number of aromatic nitrogens is 7. The van der Waals surface area contributed by atoms with Crippen LogP contribution in [0.25, 0.3) is 22.2 Å². The second-order valence-electron chi connectivity index (χ2n) is 13.6. The van der Waals surface area contributed by atoms with Crippen molar-refractivity contribution in [1.29, 1.82) is 0 Å². The van der Waals surface area contributed by atoms with Gasteiger partial charge in [0, 0.05) is 70.0 Å². The van der Waals surface area contributed by atoms with Gasteiger partial charge >= 0.3 is 0 Å². The predicted octanol–water partition coefficient (Wildman–Crippen LogP) is 3.48. The quantitative estimate of drug-likeness (QED) is 0.0778. The molecule has 58 heavy (non-hydrogen) atoms. The summed E-state index contributed by atoms with van der Waals surface area (Å²) in [5.74, 6) is -1.19. The Morgan fingerprint density at radius 1 is 0.810 bits per heavy atom. The molecule has 6 aromatic rings. The number of carbonyl (C=O) groups excluding carboxylic acids is 4. The van der Waals surface area contributed by atoms with E-state index in [9.17, 15) is 19.2 Å². The van der Waals surface area contributed by atoms with Gasteiger partial charge in [0.05, 0.1) is 30.9 Å². The largest absolute Gasteiger partial charge is 0.491 e. The first-order valence-corrected chi connectivity index (χ1v) is 19.2. The van der Waals surface area contributed by atoms with Crippen molar-refractivity contribution in [3.8, 4) is 5.75 Å². The molecular formula is C40H46N12O6. The van der Waals surface area contributed by atoms with Crippen LogP contribution in [0.5, 0.6) is 5.75 Å². The molecule has 1 aliphatic rings. The highest BCUT2D eigenvalue weighted by molar-refractivity contribution is 6.05. The highest BCUT2D eigenvalue weighted by Crippen LogP contribution is 2.32. The molecule has 302 valence electrons. The van der Waals surface area contributed by atoms with E-state index in [-0.39, 0.29) is 47.9 Å². The van der Waals surface area contributed by atoms with Crippen LogP contribution >= 0.6 is 0 Å².